The van der Waals surface area contributed by atoms with Gasteiger partial charge in [-0.15, -0.1) is 0 Å². The molecule has 0 unspecified atom stereocenters. The minimum absolute atomic E-state index is 0.119. The highest BCUT2D eigenvalue weighted by molar-refractivity contribution is 5.82. The second kappa shape index (κ2) is 4.45. The van der Waals surface area contributed by atoms with Crippen LogP contribution in [-0.2, 0) is 4.79 Å². The number of nitrogens with one attached hydrogen (secondary N) is 2. The molecule has 2 atom stereocenters. The number of aliphatic hydroxyl groups excluding tert-OH is 1. The van der Waals surface area contributed by atoms with E-state index in [0.29, 0.717) is 19.0 Å². The average Bonchev–Trinajstić information content (AvgIpc) is 2.79. The second-order valence-corrected chi connectivity index (χ2v) is 7.32. The Morgan fingerprint density at radius 1 is 1.00 bits per heavy atom. The molecule has 19 heavy (non-hydrogen) atoms. The highest BCUT2D eigenvalue weighted by Gasteiger charge is 2.49. The zero-order valence-electron chi connectivity index (χ0n) is 11.3. The van der Waals surface area contributed by atoms with Crippen molar-refractivity contribution < 1.29 is 9.90 Å². The normalized spacial score (nSPS) is 51.5. The van der Waals surface area contributed by atoms with Crippen molar-refractivity contribution in [2.75, 3.05) is 6.54 Å². The van der Waals surface area contributed by atoms with Gasteiger partial charge in [-0.1, -0.05) is 0 Å². The molecule has 4 nitrogen and oxygen atoms in total. The van der Waals surface area contributed by atoms with Crippen molar-refractivity contribution in [1.29, 1.82) is 0 Å². The van der Waals surface area contributed by atoms with Crippen LogP contribution in [0.25, 0.3) is 0 Å². The van der Waals surface area contributed by atoms with Gasteiger partial charge in [-0.2, -0.15) is 0 Å². The van der Waals surface area contributed by atoms with E-state index >= 15 is 0 Å². The van der Waals surface area contributed by atoms with Gasteiger partial charge in [-0.05, 0) is 62.2 Å². The second-order valence-electron chi connectivity index (χ2n) is 7.32. The molecule has 106 valence electrons. The van der Waals surface area contributed by atoms with Crippen LogP contribution in [0.4, 0.5) is 0 Å². The Balaban J connectivity index is 1.41. The molecular weight excluding hydrogens is 240 g/mol. The molecule has 0 aromatic heterocycles. The maximum absolute atomic E-state index is 12.3. The summed E-state index contributed by atoms with van der Waals surface area (Å²) in [5.74, 6) is 3.47. The fourth-order valence-electron chi connectivity index (χ4n) is 5.34. The van der Waals surface area contributed by atoms with Crippen LogP contribution in [0.5, 0.6) is 0 Å². The standard InChI is InChI=1S/C15H24N2O2/c18-12-6-13(16-7-12)15(19)17-14-10-2-8-1-9(4-10)5-11(14)3-8/h8-14,16,18H,1-7H2,(H,17,19)/t8?,9?,10?,11?,12-,13+,14?/m1/s1. The van der Waals surface area contributed by atoms with E-state index < -0.39 is 0 Å². The Morgan fingerprint density at radius 2 is 1.63 bits per heavy atom. The molecule has 4 heteroatoms. The van der Waals surface area contributed by atoms with Crippen LogP contribution in [-0.4, -0.2) is 35.7 Å². The minimum atomic E-state index is -0.353. The lowest BCUT2D eigenvalue weighted by molar-refractivity contribution is -0.126. The number of β-amino-alcohol motifs (C(OH)–C–C–N with tert-alkyl or cyclic N) is 1. The van der Waals surface area contributed by atoms with Gasteiger partial charge in [0.15, 0.2) is 0 Å². The molecule has 4 aliphatic carbocycles. The van der Waals surface area contributed by atoms with Crippen molar-refractivity contribution in [3.05, 3.63) is 0 Å². The zero-order valence-corrected chi connectivity index (χ0v) is 11.3. The number of rotatable bonds is 2. The lowest BCUT2D eigenvalue weighted by Crippen LogP contribution is -2.58. The molecule has 5 rings (SSSR count). The van der Waals surface area contributed by atoms with Crippen LogP contribution in [0.1, 0.15) is 38.5 Å². The number of amides is 1. The first-order valence-corrected chi connectivity index (χ1v) is 7.91. The molecule has 0 aromatic rings. The molecule has 1 heterocycles. The largest absolute Gasteiger partial charge is 0.392 e. The number of hydrogen-bond acceptors (Lipinski definition) is 3. The SMILES string of the molecule is O=C(NC1C2CC3CC(C2)CC1C3)[C@@H]1C[C@@H](O)CN1. The molecule has 4 bridgehead atoms. The molecule has 5 aliphatic rings. The lowest BCUT2D eigenvalue weighted by atomic mass is 9.54. The summed E-state index contributed by atoms with van der Waals surface area (Å²) in [5.41, 5.74) is 0. The van der Waals surface area contributed by atoms with Crippen LogP contribution in [0.15, 0.2) is 0 Å². The van der Waals surface area contributed by atoms with E-state index in [1.54, 1.807) is 0 Å². The van der Waals surface area contributed by atoms with Gasteiger partial charge in [0.1, 0.15) is 0 Å². The highest BCUT2D eigenvalue weighted by atomic mass is 16.3. The Kier molecular flexibility index (Phi) is 2.85. The summed E-state index contributed by atoms with van der Waals surface area (Å²) >= 11 is 0. The number of hydrogen-bond donors (Lipinski definition) is 3. The summed E-state index contributed by atoms with van der Waals surface area (Å²) in [6, 6.07) is 0.243. The summed E-state index contributed by atoms with van der Waals surface area (Å²) in [5, 5.41) is 15.9. The van der Waals surface area contributed by atoms with Gasteiger partial charge in [0, 0.05) is 12.6 Å². The van der Waals surface area contributed by atoms with E-state index in [1.165, 1.54) is 32.1 Å². The van der Waals surface area contributed by atoms with Crippen molar-refractivity contribution in [3.63, 3.8) is 0 Å². The number of carbonyl (C=O) groups excluding carboxylic acids is 1. The molecule has 3 N–H and O–H groups in total. The van der Waals surface area contributed by atoms with Gasteiger partial charge in [0.2, 0.25) is 5.91 Å². The fourth-order valence-corrected chi connectivity index (χ4v) is 5.34. The van der Waals surface area contributed by atoms with E-state index in [9.17, 15) is 9.90 Å². The third-order valence-corrected chi connectivity index (χ3v) is 5.96. The van der Waals surface area contributed by atoms with Crippen molar-refractivity contribution in [3.8, 4) is 0 Å². The first-order chi connectivity index (χ1) is 9.19. The van der Waals surface area contributed by atoms with Gasteiger partial charge in [-0.25, -0.2) is 0 Å². The lowest BCUT2D eigenvalue weighted by Gasteiger charge is -2.54. The Bertz CT molecular complexity index is 356. The van der Waals surface area contributed by atoms with E-state index in [0.717, 1.165) is 23.7 Å². The monoisotopic (exact) mass is 264 g/mol. The number of carbonyl (C=O) groups is 1. The smallest absolute Gasteiger partial charge is 0.237 e. The molecule has 1 amide bonds. The van der Waals surface area contributed by atoms with E-state index in [4.69, 9.17) is 0 Å². The van der Waals surface area contributed by atoms with Crippen LogP contribution in [0.2, 0.25) is 0 Å². The van der Waals surface area contributed by atoms with E-state index in [-0.39, 0.29) is 18.1 Å². The molecule has 4 saturated carbocycles. The highest BCUT2D eigenvalue weighted by Crippen LogP contribution is 2.53. The van der Waals surface area contributed by atoms with Crippen LogP contribution < -0.4 is 10.6 Å². The quantitative estimate of drug-likeness (QED) is 0.686. The number of aliphatic hydroxyl groups is 1. The van der Waals surface area contributed by atoms with Crippen LogP contribution in [0, 0.1) is 23.7 Å². The Labute approximate surface area is 114 Å². The average molecular weight is 264 g/mol. The Morgan fingerprint density at radius 3 is 2.16 bits per heavy atom. The zero-order chi connectivity index (χ0) is 13.0. The summed E-state index contributed by atoms with van der Waals surface area (Å²) in [4.78, 5) is 12.3. The molecule has 1 saturated heterocycles. The molecule has 0 radical (unpaired) electrons. The molecule has 1 aliphatic heterocycles. The first-order valence-electron chi connectivity index (χ1n) is 7.91. The predicted octanol–water partition coefficient (Wildman–Crippen LogP) is 0.650. The third kappa shape index (κ3) is 2.09. The van der Waals surface area contributed by atoms with Crippen LogP contribution in [0.3, 0.4) is 0 Å². The Hall–Kier alpha value is -0.610. The summed E-state index contributed by atoms with van der Waals surface area (Å²) < 4.78 is 0. The predicted molar refractivity (Wildman–Crippen MR) is 71.4 cm³/mol. The van der Waals surface area contributed by atoms with Gasteiger partial charge in [0.05, 0.1) is 12.1 Å². The van der Waals surface area contributed by atoms with Crippen molar-refractivity contribution in [2.24, 2.45) is 23.7 Å². The molecule has 0 spiro atoms. The maximum Gasteiger partial charge on any atom is 0.237 e. The fraction of sp³-hybridized carbons (Fsp3) is 0.933. The van der Waals surface area contributed by atoms with Gasteiger partial charge in [-0.3, -0.25) is 4.79 Å². The molecule has 5 fully saturated rings. The van der Waals surface area contributed by atoms with Gasteiger partial charge < -0.3 is 15.7 Å². The van der Waals surface area contributed by atoms with Crippen molar-refractivity contribution >= 4 is 5.91 Å². The van der Waals surface area contributed by atoms with E-state index in [1.807, 2.05) is 0 Å². The van der Waals surface area contributed by atoms with Crippen molar-refractivity contribution in [1.82, 2.24) is 10.6 Å². The van der Waals surface area contributed by atoms with Gasteiger partial charge in [0.25, 0.3) is 0 Å². The summed E-state index contributed by atoms with van der Waals surface area (Å²) in [6.07, 6.45) is 6.99. The third-order valence-electron chi connectivity index (χ3n) is 5.96. The molecular formula is C15H24N2O2. The first kappa shape index (κ1) is 12.2. The van der Waals surface area contributed by atoms with Crippen LogP contribution >= 0.6 is 0 Å². The van der Waals surface area contributed by atoms with E-state index in [2.05, 4.69) is 10.6 Å². The minimum Gasteiger partial charge on any atom is -0.392 e. The summed E-state index contributed by atoms with van der Waals surface area (Å²) in [7, 11) is 0. The summed E-state index contributed by atoms with van der Waals surface area (Å²) in [6.45, 7) is 0.555. The maximum atomic E-state index is 12.3. The molecule has 0 aromatic carbocycles. The van der Waals surface area contributed by atoms with Gasteiger partial charge >= 0.3 is 0 Å². The van der Waals surface area contributed by atoms with Crippen molar-refractivity contribution in [2.45, 2.75) is 56.7 Å². The topological polar surface area (TPSA) is 61.4 Å².